The first-order valence-electron chi connectivity index (χ1n) is 7.61. The van der Waals surface area contributed by atoms with Crippen molar-refractivity contribution in [2.75, 3.05) is 5.32 Å². The number of aromatic amines is 1. The average molecular weight is 337 g/mol. The number of imidazole rings is 1. The van der Waals surface area contributed by atoms with Crippen LogP contribution in [-0.2, 0) is 4.79 Å². The minimum absolute atomic E-state index is 0.0699. The molecule has 1 aliphatic rings. The molecule has 0 spiro atoms. The van der Waals surface area contributed by atoms with Crippen LogP contribution in [0.25, 0.3) is 11.0 Å². The Kier molecular flexibility index (Phi) is 3.47. The lowest BCUT2D eigenvalue weighted by molar-refractivity contribution is -0.117. The number of anilines is 1. The summed E-state index contributed by atoms with van der Waals surface area (Å²) in [5.41, 5.74) is 3.00. The molecule has 2 unspecified atom stereocenters. The van der Waals surface area contributed by atoms with Crippen molar-refractivity contribution >= 4 is 34.5 Å². The zero-order valence-corrected chi connectivity index (χ0v) is 13.3. The normalized spacial score (nSPS) is 19.0. The molecule has 2 atom stereocenters. The Morgan fingerprint density at radius 3 is 2.96 bits per heavy atom. The van der Waals surface area contributed by atoms with Crippen LogP contribution in [-0.4, -0.2) is 15.9 Å². The number of nitrogens with zero attached hydrogens (tertiary/aromatic N) is 2. The van der Waals surface area contributed by atoms with Crippen LogP contribution in [0.5, 0.6) is 0 Å². The van der Waals surface area contributed by atoms with Crippen molar-refractivity contribution in [3.63, 3.8) is 0 Å². The van der Waals surface area contributed by atoms with Crippen LogP contribution in [0.3, 0.4) is 0 Å². The van der Waals surface area contributed by atoms with Gasteiger partial charge in [0.2, 0.25) is 11.9 Å². The highest BCUT2D eigenvalue weighted by Gasteiger charge is 2.45. The number of benzene rings is 2. The number of aromatic nitrogens is 2. The van der Waals surface area contributed by atoms with E-state index in [2.05, 4.69) is 21.4 Å². The predicted octanol–water partition coefficient (Wildman–Crippen LogP) is 3.83. The highest BCUT2D eigenvalue weighted by molar-refractivity contribution is 6.31. The van der Waals surface area contributed by atoms with Crippen LogP contribution >= 0.6 is 11.6 Å². The van der Waals surface area contributed by atoms with Gasteiger partial charge < -0.3 is 4.98 Å². The number of carbonyl (C=O) groups excluding carboxylic acids is 1. The van der Waals surface area contributed by atoms with Crippen molar-refractivity contribution in [1.82, 2.24) is 9.97 Å². The molecule has 1 aliphatic carbocycles. The minimum atomic E-state index is -0.0900. The molecule has 4 rings (SSSR count). The van der Waals surface area contributed by atoms with E-state index in [1.54, 1.807) is 18.2 Å². The molecule has 1 aromatic heterocycles. The van der Waals surface area contributed by atoms with Gasteiger partial charge in [0.25, 0.3) is 0 Å². The molecule has 24 heavy (non-hydrogen) atoms. The molecule has 0 saturated heterocycles. The molecule has 1 heterocycles. The monoisotopic (exact) mass is 336 g/mol. The van der Waals surface area contributed by atoms with Gasteiger partial charge in [-0.3, -0.25) is 10.1 Å². The largest absolute Gasteiger partial charge is 0.324 e. The van der Waals surface area contributed by atoms with Gasteiger partial charge >= 0.3 is 0 Å². The van der Waals surface area contributed by atoms with Crippen LogP contribution < -0.4 is 5.32 Å². The Balaban J connectivity index is 1.49. The maximum atomic E-state index is 12.4. The lowest BCUT2D eigenvalue weighted by Gasteiger charge is -2.03. The van der Waals surface area contributed by atoms with Gasteiger partial charge in [-0.2, -0.15) is 5.26 Å². The summed E-state index contributed by atoms with van der Waals surface area (Å²) in [6.07, 6.45) is 0.786. The van der Waals surface area contributed by atoms with Crippen LogP contribution in [0.15, 0.2) is 42.5 Å². The first-order chi connectivity index (χ1) is 11.7. The minimum Gasteiger partial charge on any atom is -0.324 e. The van der Waals surface area contributed by atoms with Crippen molar-refractivity contribution in [3.8, 4) is 6.07 Å². The van der Waals surface area contributed by atoms with E-state index in [9.17, 15) is 4.79 Å². The fourth-order valence-corrected chi connectivity index (χ4v) is 3.23. The van der Waals surface area contributed by atoms with Crippen molar-refractivity contribution in [2.45, 2.75) is 12.3 Å². The maximum absolute atomic E-state index is 12.4. The maximum Gasteiger partial charge on any atom is 0.230 e. The third-order valence-electron chi connectivity index (χ3n) is 4.28. The van der Waals surface area contributed by atoms with E-state index in [4.69, 9.17) is 16.9 Å². The van der Waals surface area contributed by atoms with Crippen LogP contribution in [0.4, 0.5) is 5.95 Å². The number of fused-ring (bicyclic) bond motifs is 1. The standard InChI is InChI=1S/C18H13ClN4O/c19-14-4-2-1-3-11(14)12-8-13(12)17(24)23-18-21-15-6-5-10(9-20)7-16(15)22-18/h1-7,12-13H,8H2,(H2,21,22,23,24). The smallest absolute Gasteiger partial charge is 0.230 e. The molecule has 6 heteroatoms. The van der Waals surface area contributed by atoms with Crippen molar-refractivity contribution in [1.29, 1.82) is 5.26 Å². The van der Waals surface area contributed by atoms with E-state index in [0.717, 1.165) is 17.5 Å². The first-order valence-corrected chi connectivity index (χ1v) is 7.98. The summed E-state index contributed by atoms with van der Waals surface area (Å²) in [5.74, 6) is 0.399. The molecule has 118 valence electrons. The molecule has 1 fully saturated rings. The van der Waals surface area contributed by atoms with Gasteiger partial charge in [0.15, 0.2) is 0 Å². The number of H-pyrrole nitrogens is 1. The summed E-state index contributed by atoms with van der Waals surface area (Å²) in [6.45, 7) is 0. The molecule has 1 amide bonds. The highest BCUT2D eigenvalue weighted by Crippen LogP contribution is 2.49. The summed E-state index contributed by atoms with van der Waals surface area (Å²) in [6, 6.07) is 14.9. The number of nitriles is 1. The van der Waals surface area contributed by atoms with Gasteiger partial charge in [0, 0.05) is 10.9 Å². The molecular weight excluding hydrogens is 324 g/mol. The van der Waals surface area contributed by atoms with Gasteiger partial charge in [-0.15, -0.1) is 0 Å². The number of rotatable bonds is 3. The lowest BCUT2D eigenvalue weighted by atomic mass is 10.1. The second-order valence-corrected chi connectivity index (χ2v) is 6.30. The Hall–Kier alpha value is -2.84. The zero-order chi connectivity index (χ0) is 16.7. The van der Waals surface area contributed by atoms with Gasteiger partial charge in [0.1, 0.15) is 0 Å². The zero-order valence-electron chi connectivity index (χ0n) is 12.6. The molecule has 0 aliphatic heterocycles. The van der Waals surface area contributed by atoms with Crippen molar-refractivity contribution < 1.29 is 4.79 Å². The molecule has 2 aromatic carbocycles. The molecule has 0 radical (unpaired) electrons. The Labute approximate surface area is 143 Å². The summed E-state index contributed by atoms with van der Waals surface area (Å²) < 4.78 is 0. The third-order valence-corrected chi connectivity index (χ3v) is 4.63. The third kappa shape index (κ3) is 2.61. The van der Waals surface area contributed by atoms with Crippen molar-refractivity contribution in [3.05, 3.63) is 58.6 Å². The fourth-order valence-electron chi connectivity index (χ4n) is 2.95. The highest BCUT2D eigenvalue weighted by atomic mass is 35.5. The van der Waals surface area contributed by atoms with Crippen LogP contribution in [0, 0.1) is 17.2 Å². The fraction of sp³-hybridized carbons (Fsp3) is 0.167. The number of halogens is 1. The Morgan fingerprint density at radius 1 is 1.33 bits per heavy atom. The number of nitrogens with one attached hydrogen (secondary N) is 2. The molecule has 5 nitrogen and oxygen atoms in total. The van der Waals surface area contributed by atoms with Gasteiger partial charge in [-0.05, 0) is 42.2 Å². The average Bonchev–Trinajstić information content (AvgIpc) is 3.28. The quantitative estimate of drug-likeness (QED) is 0.762. The van der Waals surface area contributed by atoms with Crippen molar-refractivity contribution in [2.24, 2.45) is 5.92 Å². The van der Waals surface area contributed by atoms with E-state index < -0.39 is 0 Å². The molecule has 2 N–H and O–H groups in total. The van der Waals surface area contributed by atoms with Gasteiger partial charge in [-0.1, -0.05) is 29.8 Å². The lowest BCUT2D eigenvalue weighted by Crippen LogP contribution is -2.15. The van der Waals surface area contributed by atoms with Gasteiger partial charge in [0.05, 0.1) is 22.7 Å². The first kappa shape index (κ1) is 14.7. The van der Waals surface area contributed by atoms with E-state index in [0.29, 0.717) is 22.1 Å². The van der Waals surface area contributed by atoms with E-state index in [1.807, 2.05) is 24.3 Å². The predicted molar refractivity (Wildman–Crippen MR) is 91.7 cm³/mol. The summed E-state index contributed by atoms with van der Waals surface area (Å²) in [4.78, 5) is 19.8. The van der Waals surface area contributed by atoms with E-state index in [1.165, 1.54) is 0 Å². The molecule has 3 aromatic rings. The number of carbonyl (C=O) groups is 1. The summed E-state index contributed by atoms with van der Waals surface area (Å²) in [7, 11) is 0. The molecular formula is C18H13ClN4O. The summed E-state index contributed by atoms with van der Waals surface area (Å²) in [5, 5.41) is 12.4. The Morgan fingerprint density at radius 2 is 2.17 bits per heavy atom. The Bertz CT molecular complexity index is 988. The van der Waals surface area contributed by atoms with Gasteiger partial charge in [-0.25, -0.2) is 4.98 Å². The molecule has 1 saturated carbocycles. The van der Waals surface area contributed by atoms with Crippen LogP contribution in [0.2, 0.25) is 5.02 Å². The molecule has 0 bridgehead atoms. The topological polar surface area (TPSA) is 81.6 Å². The second kappa shape index (κ2) is 5.66. The van der Waals surface area contributed by atoms with E-state index in [-0.39, 0.29) is 17.7 Å². The van der Waals surface area contributed by atoms with E-state index >= 15 is 0 Å². The summed E-state index contributed by atoms with van der Waals surface area (Å²) >= 11 is 6.19. The SMILES string of the molecule is N#Cc1ccc2nc(NC(=O)C3CC3c3ccccc3Cl)[nH]c2c1. The number of hydrogen-bond donors (Lipinski definition) is 2. The number of amides is 1. The number of hydrogen-bond acceptors (Lipinski definition) is 3. The second-order valence-electron chi connectivity index (χ2n) is 5.89. The van der Waals surface area contributed by atoms with Crippen LogP contribution in [0.1, 0.15) is 23.5 Å².